The van der Waals surface area contributed by atoms with Crippen molar-refractivity contribution >= 4 is 21.9 Å². The number of aryl methyl sites for hydroxylation is 1. The first-order valence-corrected chi connectivity index (χ1v) is 7.62. The van der Waals surface area contributed by atoms with Crippen LogP contribution in [0, 0.1) is 6.92 Å². The Morgan fingerprint density at radius 1 is 1.43 bits per heavy atom. The smallest absolute Gasteiger partial charge is 0.318 e. The SMILES string of the molecule is CCOC(=O)C(CC)c1nc(-c2ccc(Br)cc2C)no1. The Bertz CT molecular complexity index is 640. The summed E-state index contributed by atoms with van der Waals surface area (Å²) in [5.41, 5.74) is 1.91. The predicted octanol–water partition coefficient (Wildman–Crippen LogP) is 3.86. The van der Waals surface area contributed by atoms with Crippen LogP contribution in [0.15, 0.2) is 27.2 Å². The molecule has 0 radical (unpaired) electrons. The number of ether oxygens (including phenoxy) is 1. The summed E-state index contributed by atoms with van der Waals surface area (Å²) < 4.78 is 11.3. The van der Waals surface area contributed by atoms with Crippen molar-refractivity contribution in [1.82, 2.24) is 10.1 Å². The first-order chi connectivity index (χ1) is 10.1. The van der Waals surface area contributed by atoms with Gasteiger partial charge >= 0.3 is 5.97 Å². The van der Waals surface area contributed by atoms with E-state index >= 15 is 0 Å². The third kappa shape index (κ3) is 3.50. The second kappa shape index (κ2) is 6.85. The van der Waals surface area contributed by atoms with Crippen molar-refractivity contribution in [3.8, 4) is 11.4 Å². The zero-order valence-corrected chi connectivity index (χ0v) is 13.8. The van der Waals surface area contributed by atoms with E-state index in [9.17, 15) is 4.79 Å². The van der Waals surface area contributed by atoms with Gasteiger partial charge in [-0.2, -0.15) is 4.98 Å². The molecule has 1 atom stereocenters. The van der Waals surface area contributed by atoms with Gasteiger partial charge in [-0.25, -0.2) is 0 Å². The maximum Gasteiger partial charge on any atom is 0.318 e. The highest BCUT2D eigenvalue weighted by Crippen LogP contribution is 2.26. The van der Waals surface area contributed by atoms with Crippen LogP contribution in [0.2, 0.25) is 0 Å². The molecule has 0 spiro atoms. The minimum atomic E-state index is -0.512. The topological polar surface area (TPSA) is 65.2 Å². The molecule has 0 fully saturated rings. The van der Waals surface area contributed by atoms with Crippen molar-refractivity contribution in [2.45, 2.75) is 33.1 Å². The average Bonchev–Trinajstić information content (AvgIpc) is 2.89. The molecule has 0 N–H and O–H groups in total. The molecule has 1 heterocycles. The lowest BCUT2D eigenvalue weighted by atomic mass is 10.1. The van der Waals surface area contributed by atoms with E-state index in [2.05, 4.69) is 26.1 Å². The fraction of sp³-hybridized carbons (Fsp3) is 0.400. The Morgan fingerprint density at radius 2 is 2.19 bits per heavy atom. The normalized spacial score (nSPS) is 12.2. The Kier molecular flexibility index (Phi) is 5.12. The molecule has 0 aliphatic rings. The van der Waals surface area contributed by atoms with E-state index in [1.807, 2.05) is 32.0 Å². The number of aromatic nitrogens is 2. The molecule has 1 unspecified atom stereocenters. The molecule has 6 heteroatoms. The fourth-order valence-corrected chi connectivity index (χ4v) is 2.52. The Balaban J connectivity index is 2.30. The lowest BCUT2D eigenvalue weighted by Gasteiger charge is -2.08. The summed E-state index contributed by atoms with van der Waals surface area (Å²) in [6, 6.07) is 5.81. The first kappa shape index (κ1) is 15.7. The van der Waals surface area contributed by atoms with E-state index in [4.69, 9.17) is 9.26 Å². The predicted molar refractivity (Wildman–Crippen MR) is 81.8 cm³/mol. The number of rotatable bonds is 5. The van der Waals surface area contributed by atoms with Gasteiger partial charge in [0.1, 0.15) is 5.92 Å². The van der Waals surface area contributed by atoms with Gasteiger partial charge in [-0.3, -0.25) is 4.79 Å². The summed E-state index contributed by atoms with van der Waals surface area (Å²) in [4.78, 5) is 16.2. The van der Waals surface area contributed by atoms with Gasteiger partial charge in [-0.05, 0) is 44.0 Å². The maximum absolute atomic E-state index is 11.9. The number of halogens is 1. The third-order valence-electron chi connectivity index (χ3n) is 3.15. The lowest BCUT2D eigenvalue weighted by molar-refractivity contribution is -0.145. The van der Waals surface area contributed by atoms with Crippen LogP contribution in [0.3, 0.4) is 0 Å². The molecule has 2 rings (SSSR count). The number of hydrogen-bond donors (Lipinski definition) is 0. The van der Waals surface area contributed by atoms with Crippen molar-refractivity contribution in [3.63, 3.8) is 0 Å². The largest absolute Gasteiger partial charge is 0.465 e. The quantitative estimate of drug-likeness (QED) is 0.764. The van der Waals surface area contributed by atoms with Gasteiger partial charge in [-0.1, -0.05) is 28.0 Å². The first-order valence-electron chi connectivity index (χ1n) is 6.83. The molecule has 0 aliphatic heterocycles. The molecule has 112 valence electrons. The second-order valence-electron chi connectivity index (χ2n) is 4.63. The molecule has 1 aromatic carbocycles. The standard InChI is InChI=1S/C15H17BrN2O3/c1-4-11(15(19)20-5-2)14-17-13(18-21-14)12-7-6-10(16)8-9(12)3/h6-8,11H,4-5H2,1-3H3. The molecule has 5 nitrogen and oxygen atoms in total. The van der Waals surface area contributed by atoms with Crippen molar-refractivity contribution in [2.75, 3.05) is 6.61 Å². The number of carbonyl (C=O) groups is 1. The van der Waals surface area contributed by atoms with E-state index in [1.54, 1.807) is 6.92 Å². The summed E-state index contributed by atoms with van der Waals surface area (Å²) in [6.07, 6.45) is 0.555. The number of benzene rings is 1. The van der Waals surface area contributed by atoms with Crippen molar-refractivity contribution in [1.29, 1.82) is 0 Å². The number of nitrogens with zero attached hydrogens (tertiary/aromatic N) is 2. The molecule has 0 bridgehead atoms. The minimum absolute atomic E-state index is 0.299. The summed E-state index contributed by atoms with van der Waals surface area (Å²) in [5, 5.41) is 3.98. The van der Waals surface area contributed by atoms with Crippen LogP contribution >= 0.6 is 15.9 Å². The molecule has 0 saturated heterocycles. The van der Waals surface area contributed by atoms with Crippen LogP contribution < -0.4 is 0 Å². The van der Waals surface area contributed by atoms with Gasteiger partial charge < -0.3 is 9.26 Å². The highest BCUT2D eigenvalue weighted by molar-refractivity contribution is 9.10. The molecule has 21 heavy (non-hydrogen) atoms. The van der Waals surface area contributed by atoms with Crippen molar-refractivity contribution in [2.24, 2.45) is 0 Å². The molecule has 2 aromatic rings. The van der Waals surface area contributed by atoms with Gasteiger partial charge in [0.15, 0.2) is 0 Å². The molecule has 0 saturated carbocycles. The monoisotopic (exact) mass is 352 g/mol. The molecule has 0 amide bonds. The van der Waals surface area contributed by atoms with Crippen molar-refractivity contribution in [3.05, 3.63) is 34.1 Å². The van der Waals surface area contributed by atoms with Crippen LogP contribution in [-0.2, 0) is 9.53 Å². The van der Waals surface area contributed by atoms with Crippen LogP contribution in [-0.4, -0.2) is 22.7 Å². The Morgan fingerprint density at radius 3 is 2.81 bits per heavy atom. The number of hydrogen-bond acceptors (Lipinski definition) is 5. The summed E-state index contributed by atoms with van der Waals surface area (Å²) in [6.45, 7) is 5.96. The van der Waals surface area contributed by atoms with Gasteiger partial charge in [0.2, 0.25) is 11.7 Å². The van der Waals surface area contributed by atoms with Gasteiger partial charge in [-0.15, -0.1) is 0 Å². The average molecular weight is 353 g/mol. The summed E-state index contributed by atoms with van der Waals surface area (Å²) >= 11 is 3.42. The summed E-state index contributed by atoms with van der Waals surface area (Å²) in [5.74, 6) is -0.0595. The van der Waals surface area contributed by atoms with Crippen LogP contribution in [0.4, 0.5) is 0 Å². The zero-order valence-electron chi connectivity index (χ0n) is 12.2. The van der Waals surface area contributed by atoms with E-state index < -0.39 is 5.92 Å². The number of esters is 1. The Hall–Kier alpha value is -1.69. The van der Waals surface area contributed by atoms with E-state index in [1.165, 1.54) is 0 Å². The maximum atomic E-state index is 11.9. The van der Waals surface area contributed by atoms with Gasteiger partial charge in [0.05, 0.1) is 6.61 Å². The van der Waals surface area contributed by atoms with Crippen LogP contribution in [0.5, 0.6) is 0 Å². The van der Waals surface area contributed by atoms with Crippen molar-refractivity contribution < 1.29 is 14.1 Å². The fourth-order valence-electron chi connectivity index (χ4n) is 2.05. The van der Waals surface area contributed by atoms with E-state index in [0.29, 0.717) is 24.7 Å². The molecule has 0 aliphatic carbocycles. The minimum Gasteiger partial charge on any atom is -0.465 e. The van der Waals surface area contributed by atoms with Crippen LogP contribution in [0.1, 0.15) is 37.6 Å². The van der Waals surface area contributed by atoms with Gasteiger partial charge in [0, 0.05) is 10.0 Å². The van der Waals surface area contributed by atoms with Crippen LogP contribution in [0.25, 0.3) is 11.4 Å². The lowest BCUT2D eigenvalue weighted by Crippen LogP contribution is -2.15. The second-order valence-corrected chi connectivity index (χ2v) is 5.54. The molecular weight excluding hydrogens is 336 g/mol. The van der Waals surface area contributed by atoms with E-state index in [0.717, 1.165) is 15.6 Å². The third-order valence-corrected chi connectivity index (χ3v) is 3.64. The molecule has 1 aromatic heterocycles. The summed E-state index contributed by atoms with van der Waals surface area (Å²) in [7, 11) is 0. The van der Waals surface area contributed by atoms with E-state index in [-0.39, 0.29) is 5.97 Å². The number of carbonyl (C=O) groups excluding carboxylic acids is 1. The highest BCUT2D eigenvalue weighted by Gasteiger charge is 2.26. The Labute approximate surface area is 131 Å². The molecular formula is C15H17BrN2O3. The zero-order chi connectivity index (χ0) is 15.4. The highest BCUT2D eigenvalue weighted by atomic mass is 79.9. The van der Waals surface area contributed by atoms with Gasteiger partial charge in [0.25, 0.3) is 0 Å².